The number of benzene rings is 1. The minimum atomic E-state index is -0.569. The second-order valence-electron chi connectivity index (χ2n) is 6.52. The second-order valence-corrected chi connectivity index (χ2v) is 6.52. The maximum absolute atomic E-state index is 11.5. The predicted molar refractivity (Wildman–Crippen MR) is 99.8 cm³/mol. The highest BCUT2D eigenvalue weighted by Gasteiger charge is 2.29. The number of rotatable bonds is 4. The summed E-state index contributed by atoms with van der Waals surface area (Å²) in [5.74, 6) is 0.263. The van der Waals surface area contributed by atoms with Crippen molar-refractivity contribution in [1.82, 2.24) is 9.97 Å². The zero-order valence-electron chi connectivity index (χ0n) is 15.0. The van der Waals surface area contributed by atoms with Gasteiger partial charge in [-0.3, -0.25) is 10.1 Å². The number of morpholine rings is 1. The van der Waals surface area contributed by atoms with Gasteiger partial charge in [0.05, 0.1) is 17.1 Å². The first kappa shape index (κ1) is 17.9. The minimum absolute atomic E-state index is 0.00674. The van der Waals surface area contributed by atoms with Crippen LogP contribution in [0.15, 0.2) is 24.3 Å². The van der Waals surface area contributed by atoms with Crippen LogP contribution in [0.5, 0.6) is 0 Å². The van der Waals surface area contributed by atoms with Crippen LogP contribution in [0.3, 0.4) is 0 Å². The van der Waals surface area contributed by atoms with E-state index in [-0.39, 0.29) is 29.5 Å². The van der Waals surface area contributed by atoms with Crippen molar-refractivity contribution in [2.24, 2.45) is 0 Å². The highest BCUT2D eigenvalue weighted by molar-refractivity contribution is 5.74. The Morgan fingerprint density at radius 2 is 1.85 bits per heavy atom. The van der Waals surface area contributed by atoms with Crippen LogP contribution in [0.2, 0.25) is 0 Å². The highest BCUT2D eigenvalue weighted by atomic mass is 16.6. The van der Waals surface area contributed by atoms with E-state index in [4.69, 9.17) is 10.5 Å². The quantitative estimate of drug-likeness (QED) is 0.632. The molecule has 1 aliphatic rings. The fraction of sp³-hybridized carbons (Fsp3) is 0.412. The Morgan fingerprint density at radius 1 is 1.23 bits per heavy atom. The summed E-state index contributed by atoms with van der Waals surface area (Å²) in [6.45, 7) is 7.07. The van der Waals surface area contributed by atoms with E-state index in [0.717, 1.165) is 5.56 Å². The lowest BCUT2D eigenvalue weighted by Gasteiger charge is -2.35. The van der Waals surface area contributed by atoms with E-state index in [9.17, 15) is 10.1 Å². The Balaban J connectivity index is 1.99. The van der Waals surface area contributed by atoms with E-state index in [2.05, 4.69) is 15.3 Å². The van der Waals surface area contributed by atoms with Crippen LogP contribution in [0.4, 0.5) is 29.0 Å². The Hall–Kier alpha value is -2.94. The molecule has 0 saturated carbocycles. The first-order valence-corrected chi connectivity index (χ1v) is 8.39. The molecule has 1 aromatic carbocycles. The molecule has 9 nitrogen and oxygen atoms in total. The van der Waals surface area contributed by atoms with Gasteiger partial charge in [-0.2, -0.15) is 9.97 Å². The van der Waals surface area contributed by atoms with Crippen LogP contribution in [0.1, 0.15) is 19.4 Å². The molecule has 138 valence electrons. The number of nitrogens with zero attached hydrogens (tertiary/aromatic N) is 4. The molecule has 9 heteroatoms. The van der Waals surface area contributed by atoms with Gasteiger partial charge in [-0.15, -0.1) is 0 Å². The van der Waals surface area contributed by atoms with Crippen LogP contribution < -0.4 is 16.0 Å². The molecule has 3 N–H and O–H groups in total. The number of nitrogen functional groups attached to an aromatic ring is 1. The molecule has 1 aromatic heterocycles. The molecule has 1 aliphatic heterocycles. The van der Waals surface area contributed by atoms with E-state index < -0.39 is 4.92 Å². The third kappa shape index (κ3) is 3.83. The number of nitro groups is 1. The van der Waals surface area contributed by atoms with Gasteiger partial charge in [0.25, 0.3) is 0 Å². The zero-order chi connectivity index (χ0) is 18.8. The summed E-state index contributed by atoms with van der Waals surface area (Å²) in [4.78, 5) is 21.4. The molecule has 1 fully saturated rings. The molecule has 3 rings (SSSR count). The van der Waals surface area contributed by atoms with Gasteiger partial charge in [-0.05, 0) is 32.9 Å². The third-order valence-corrected chi connectivity index (χ3v) is 4.10. The number of aromatic nitrogens is 2. The second kappa shape index (κ2) is 7.12. The van der Waals surface area contributed by atoms with E-state index >= 15 is 0 Å². The SMILES string of the molecule is Cc1ccc(Nc2nc(N3C[C@H](C)O[C@@H](C)C3)nc(N)c2[N+](=O)[O-])cc1. The fourth-order valence-electron chi connectivity index (χ4n) is 2.98. The molecule has 26 heavy (non-hydrogen) atoms. The van der Waals surface area contributed by atoms with Gasteiger partial charge < -0.3 is 20.7 Å². The summed E-state index contributed by atoms with van der Waals surface area (Å²) in [5.41, 5.74) is 7.33. The molecule has 0 bridgehead atoms. The number of aryl methyl sites for hydroxylation is 1. The molecule has 0 aliphatic carbocycles. The smallest absolute Gasteiger partial charge is 0.353 e. The first-order chi connectivity index (χ1) is 12.3. The van der Waals surface area contributed by atoms with Crippen LogP contribution in [-0.2, 0) is 4.74 Å². The van der Waals surface area contributed by atoms with E-state index in [0.29, 0.717) is 24.7 Å². The molecular formula is C17H22N6O3. The Labute approximate surface area is 151 Å². The van der Waals surface area contributed by atoms with Crippen molar-refractivity contribution < 1.29 is 9.66 Å². The summed E-state index contributed by atoms with van der Waals surface area (Å²) in [6.07, 6.45) is 0.0135. The maximum atomic E-state index is 11.5. The molecule has 0 amide bonds. The first-order valence-electron chi connectivity index (χ1n) is 8.39. The zero-order valence-corrected chi connectivity index (χ0v) is 15.0. The molecule has 0 radical (unpaired) electrons. The fourth-order valence-corrected chi connectivity index (χ4v) is 2.98. The van der Waals surface area contributed by atoms with Crippen LogP contribution >= 0.6 is 0 Å². The molecular weight excluding hydrogens is 336 g/mol. The van der Waals surface area contributed by atoms with Crippen LogP contribution in [0, 0.1) is 17.0 Å². The molecule has 1 saturated heterocycles. The number of anilines is 4. The lowest BCUT2D eigenvalue weighted by atomic mass is 10.2. The van der Waals surface area contributed by atoms with E-state index in [1.54, 1.807) is 0 Å². The van der Waals surface area contributed by atoms with Crippen molar-refractivity contribution >= 4 is 29.0 Å². The van der Waals surface area contributed by atoms with Crippen molar-refractivity contribution in [2.75, 3.05) is 29.0 Å². The van der Waals surface area contributed by atoms with E-state index in [1.807, 2.05) is 49.9 Å². The Bertz CT molecular complexity index is 801. The van der Waals surface area contributed by atoms with Crippen molar-refractivity contribution in [3.63, 3.8) is 0 Å². The van der Waals surface area contributed by atoms with Gasteiger partial charge >= 0.3 is 5.69 Å². The summed E-state index contributed by atoms with van der Waals surface area (Å²) >= 11 is 0. The maximum Gasteiger partial charge on any atom is 0.353 e. The average Bonchev–Trinajstić information content (AvgIpc) is 2.55. The van der Waals surface area contributed by atoms with Crippen LogP contribution in [-0.4, -0.2) is 40.2 Å². The molecule has 2 heterocycles. The van der Waals surface area contributed by atoms with Crippen LogP contribution in [0.25, 0.3) is 0 Å². The number of nitrogens with two attached hydrogens (primary N) is 1. The largest absolute Gasteiger partial charge is 0.378 e. The van der Waals surface area contributed by atoms with Gasteiger partial charge in [0.15, 0.2) is 0 Å². The monoisotopic (exact) mass is 358 g/mol. The number of hydrogen-bond acceptors (Lipinski definition) is 8. The average molecular weight is 358 g/mol. The van der Waals surface area contributed by atoms with Crippen molar-refractivity contribution in [2.45, 2.75) is 33.0 Å². The Morgan fingerprint density at radius 3 is 2.42 bits per heavy atom. The summed E-state index contributed by atoms with van der Waals surface area (Å²) in [7, 11) is 0. The van der Waals surface area contributed by atoms with Gasteiger partial charge in [0.1, 0.15) is 0 Å². The highest BCUT2D eigenvalue weighted by Crippen LogP contribution is 2.33. The predicted octanol–water partition coefficient (Wildman–Crippen LogP) is 2.63. The number of nitrogens with one attached hydrogen (secondary N) is 1. The number of hydrogen-bond donors (Lipinski definition) is 2. The molecule has 2 aromatic rings. The lowest BCUT2D eigenvalue weighted by Crippen LogP contribution is -2.46. The normalized spacial score (nSPS) is 20.0. The summed E-state index contributed by atoms with van der Waals surface area (Å²) in [6, 6.07) is 7.47. The Kier molecular flexibility index (Phi) is 4.90. The van der Waals surface area contributed by atoms with Crippen molar-refractivity contribution in [1.29, 1.82) is 0 Å². The van der Waals surface area contributed by atoms with Crippen molar-refractivity contribution in [3.8, 4) is 0 Å². The molecule has 0 unspecified atom stereocenters. The van der Waals surface area contributed by atoms with Gasteiger partial charge in [0, 0.05) is 18.8 Å². The standard InChI is InChI=1S/C17H22N6O3/c1-10-4-6-13(7-5-10)19-16-14(23(24)25)15(18)20-17(21-16)22-8-11(2)26-12(3)9-22/h4-7,11-12H,8-9H2,1-3H3,(H3,18,19,20,21)/t11-,12-/m0/s1. The molecule has 0 spiro atoms. The van der Waals surface area contributed by atoms with Gasteiger partial charge in [-0.25, -0.2) is 0 Å². The van der Waals surface area contributed by atoms with Crippen molar-refractivity contribution in [3.05, 3.63) is 39.9 Å². The van der Waals surface area contributed by atoms with Gasteiger partial charge in [-0.1, -0.05) is 17.7 Å². The summed E-state index contributed by atoms with van der Waals surface area (Å²) < 4.78 is 5.71. The van der Waals surface area contributed by atoms with Gasteiger partial charge in [0.2, 0.25) is 17.6 Å². The summed E-state index contributed by atoms with van der Waals surface area (Å²) in [5, 5.41) is 14.4. The third-order valence-electron chi connectivity index (χ3n) is 4.10. The topological polar surface area (TPSA) is 119 Å². The lowest BCUT2D eigenvalue weighted by molar-refractivity contribution is -0.383. The minimum Gasteiger partial charge on any atom is -0.378 e. The number of ether oxygens (including phenoxy) is 1. The molecule has 2 atom stereocenters. The van der Waals surface area contributed by atoms with E-state index in [1.165, 1.54) is 0 Å².